The van der Waals surface area contributed by atoms with E-state index in [0.29, 0.717) is 44.9 Å². The van der Waals surface area contributed by atoms with Gasteiger partial charge in [0.25, 0.3) is 5.56 Å². The summed E-state index contributed by atoms with van der Waals surface area (Å²) < 4.78 is 34.2. The van der Waals surface area contributed by atoms with Gasteiger partial charge >= 0.3 is 0 Å². The maximum Gasteiger partial charge on any atom is 0.291 e. The lowest BCUT2D eigenvalue weighted by atomic mass is 10.1. The van der Waals surface area contributed by atoms with Crippen LogP contribution in [0.5, 0.6) is 17.2 Å². The second-order valence-electron chi connectivity index (χ2n) is 11.3. The molecule has 7 rings (SSSR count). The summed E-state index contributed by atoms with van der Waals surface area (Å²) in [6.07, 6.45) is 8.24. The van der Waals surface area contributed by atoms with Crippen LogP contribution < -0.4 is 24.3 Å². The Morgan fingerprint density at radius 2 is 1.72 bits per heavy atom. The number of methoxy groups -OCH3 is 1. The van der Waals surface area contributed by atoms with Gasteiger partial charge in [0, 0.05) is 17.3 Å². The molecule has 3 aromatic heterocycles. The monoisotopic (exact) mass is 685 g/mol. The molecule has 7 aromatic rings. The standard InChI is InChI=1S/C39H32FN5O4S/c1-3-20-48-33-18-14-26(21-34(33)47-2)15-19-36-41-39-45(42-36)38(46)35(50-39)23-29-24-44(31-9-5-4-6-10-31)43-37(29)28-8-7-11-32(22-28)49-25-27-12-16-30(40)17-13-27/h4-19,21-24H,3,20,25H2,1-2H3/b19-15+,35-23-. The van der Waals surface area contributed by atoms with E-state index in [0.717, 1.165) is 34.4 Å². The minimum atomic E-state index is -0.293. The smallest absolute Gasteiger partial charge is 0.291 e. The molecule has 3 heterocycles. The zero-order valence-corrected chi connectivity index (χ0v) is 28.1. The molecule has 0 atom stereocenters. The Hall–Kier alpha value is -6.07. The number of nitrogens with zero attached hydrogens (tertiary/aromatic N) is 5. The van der Waals surface area contributed by atoms with Crippen LogP contribution in [0.1, 0.15) is 35.9 Å². The normalized spacial score (nSPS) is 11.9. The first-order valence-corrected chi connectivity index (χ1v) is 16.8. The molecule has 0 N–H and O–H groups in total. The Balaban J connectivity index is 1.19. The summed E-state index contributed by atoms with van der Waals surface area (Å²) in [5.41, 5.74) is 4.56. The molecular weight excluding hydrogens is 654 g/mol. The largest absolute Gasteiger partial charge is 0.493 e. The molecule has 0 spiro atoms. The third kappa shape index (κ3) is 7.18. The molecule has 0 aliphatic rings. The predicted octanol–water partition coefficient (Wildman–Crippen LogP) is 7.24. The Bertz CT molecular complexity index is 2400. The van der Waals surface area contributed by atoms with E-state index in [1.807, 2.05) is 98.1 Å². The SMILES string of the molecule is CCCOc1ccc(/C=C/c2nc3s/c(=C\c4cn(-c5ccccc5)nc4-c4cccc(OCc5ccc(F)cc5)c4)c(=O)n3n2)cc1OC. The van der Waals surface area contributed by atoms with E-state index in [2.05, 4.69) is 10.1 Å². The van der Waals surface area contributed by atoms with Crippen LogP contribution in [0.4, 0.5) is 4.39 Å². The molecule has 250 valence electrons. The van der Waals surface area contributed by atoms with Crippen molar-refractivity contribution in [3.63, 3.8) is 0 Å². The lowest BCUT2D eigenvalue weighted by Crippen LogP contribution is -2.23. The molecule has 4 aromatic carbocycles. The average Bonchev–Trinajstić information content (AvgIpc) is 3.84. The first-order chi connectivity index (χ1) is 24.5. The molecule has 0 bridgehead atoms. The molecule has 50 heavy (non-hydrogen) atoms. The van der Waals surface area contributed by atoms with Crippen LogP contribution in [-0.2, 0) is 6.61 Å². The topological polar surface area (TPSA) is 92.8 Å². The van der Waals surface area contributed by atoms with Gasteiger partial charge in [0.15, 0.2) is 17.3 Å². The van der Waals surface area contributed by atoms with Crippen LogP contribution in [0.25, 0.3) is 40.1 Å². The van der Waals surface area contributed by atoms with Gasteiger partial charge in [0.1, 0.15) is 23.9 Å². The fourth-order valence-corrected chi connectivity index (χ4v) is 6.17. The summed E-state index contributed by atoms with van der Waals surface area (Å²) in [5, 5.41) is 9.38. The highest BCUT2D eigenvalue weighted by Crippen LogP contribution is 2.30. The van der Waals surface area contributed by atoms with Crippen molar-refractivity contribution < 1.29 is 18.6 Å². The van der Waals surface area contributed by atoms with Gasteiger partial charge in [-0.1, -0.05) is 72.9 Å². The van der Waals surface area contributed by atoms with Gasteiger partial charge < -0.3 is 14.2 Å². The van der Waals surface area contributed by atoms with Crippen molar-refractivity contribution in [2.45, 2.75) is 20.0 Å². The summed E-state index contributed by atoms with van der Waals surface area (Å²) in [4.78, 5) is 18.6. The molecule has 0 unspecified atom stereocenters. The Morgan fingerprint density at radius 3 is 2.50 bits per heavy atom. The number of benzene rings is 4. The van der Waals surface area contributed by atoms with Crippen LogP contribution in [0, 0.1) is 5.82 Å². The van der Waals surface area contributed by atoms with Gasteiger partial charge in [-0.05, 0) is 78.2 Å². The number of para-hydroxylation sites is 1. The molecule has 0 fully saturated rings. The van der Waals surface area contributed by atoms with Crippen LogP contribution >= 0.6 is 11.3 Å². The van der Waals surface area contributed by atoms with Crippen LogP contribution in [0.15, 0.2) is 108 Å². The number of hydrogen-bond acceptors (Lipinski definition) is 8. The highest BCUT2D eigenvalue weighted by atomic mass is 32.1. The maximum atomic E-state index is 13.6. The second kappa shape index (κ2) is 14.6. The van der Waals surface area contributed by atoms with Crippen molar-refractivity contribution in [3.8, 4) is 34.2 Å². The summed E-state index contributed by atoms with van der Waals surface area (Å²) in [7, 11) is 1.61. The number of ether oxygens (including phenoxy) is 3. The molecular formula is C39H32FN5O4S. The second-order valence-corrected chi connectivity index (χ2v) is 12.3. The first-order valence-electron chi connectivity index (χ1n) is 16.0. The van der Waals surface area contributed by atoms with Crippen molar-refractivity contribution in [3.05, 3.63) is 146 Å². The molecule has 0 saturated carbocycles. The molecule has 11 heteroatoms. The first kappa shape index (κ1) is 32.5. The number of fused-ring (bicyclic) bond motifs is 1. The summed E-state index contributed by atoms with van der Waals surface area (Å²) in [6.45, 7) is 2.94. The van der Waals surface area contributed by atoms with E-state index in [1.54, 1.807) is 30.0 Å². The Kier molecular flexibility index (Phi) is 9.48. The van der Waals surface area contributed by atoms with E-state index in [-0.39, 0.29) is 18.0 Å². The predicted molar refractivity (Wildman–Crippen MR) is 193 cm³/mol. The Labute approximate surface area is 291 Å². The molecule has 0 saturated heterocycles. The van der Waals surface area contributed by atoms with Crippen molar-refractivity contribution in [1.29, 1.82) is 0 Å². The maximum absolute atomic E-state index is 13.6. The molecule has 0 radical (unpaired) electrons. The fraction of sp³-hybridized carbons (Fsp3) is 0.128. The van der Waals surface area contributed by atoms with Gasteiger partial charge in [-0.25, -0.2) is 9.07 Å². The lowest BCUT2D eigenvalue weighted by molar-refractivity contribution is 0.294. The van der Waals surface area contributed by atoms with Gasteiger partial charge in [0.2, 0.25) is 4.96 Å². The summed E-state index contributed by atoms with van der Waals surface area (Å²) >= 11 is 1.26. The lowest BCUT2D eigenvalue weighted by Gasteiger charge is -2.10. The van der Waals surface area contributed by atoms with Gasteiger partial charge in [-0.2, -0.15) is 14.6 Å². The van der Waals surface area contributed by atoms with Crippen molar-refractivity contribution in [2.24, 2.45) is 0 Å². The molecule has 0 aliphatic heterocycles. The number of hydrogen-bond donors (Lipinski definition) is 0. The Morgan fingerprint density at radius 1 is 0.880 bits per heavy atom. The third-order valence-corrected chi connectivity index (χ3v) is 8.71. The van der Waals surface area contributed by atoms with Crippen LogP contribution in [0.2, 0.25) is 0 Å². The van der Waals surface area contributed by atoms with Crippen molar-refractivity contribution >= 4 is 34.5 Å². The third-order valence-electron chi connectivity index (χ3n) is 7.75. The molecule has 0 amide bonds. The van der Waals surface area contributed by atoms with Gasteiger partial charge in [-0.3, -0.25) is 4.79 Å². The van der Waals surface area contributed by atoms with E-state index in [1.165, 1.54) is 28.0 Å². The number of aromatic nitrogens is 5. The number of thiazole rings is 1. The highest BCUT2D eigenvalue weighted by Gasteiger charge is 2.15. The van der Waals surface area contributed by atoms with Crippen LogP contribution in [-0.4, -0.2) is 38.1 Å². The fourth-order valence-electron chi connectivity index (χ4n) is 5.26. The summed E-state index contributed by atoms with van der Waals surface area (Å²) in [5.74, 6) is 2.09. The quantitative estimate of drug-likeness (QED) is 0.134. The average molecular weight is 686 g/mol. The van der Waals surface area contributed by atoms with Crippen LogP contribution in [0.3, 0.4) is 0 Å². The minimum absolute atomic E-state index is 0.272. The highest BCUT2D eigenvalue weighted by molar-refractivity contribution is 7.15. The zero-order chi connectivity index (χ0) is 34.5. The van der Waals surface area contributed by atoms with Crippen molar-refractivity contribution in [2.75, 3.05) is 13.7 Å². The zero-order valence-electron chi connectivity index (χ0n) is 27.3. The van der Waals surface area contributed by atoms with E-state index >= 15 is 0 Å². The molecule has 9 nitrogen and oxygen atoms in total. The molecule has 0 aliphatic carbocycles. The van der Waals surface area contributed by atoms with E-state index < -0.39 is 0 Å². The van der Waals surface area contributed by atoms with Gasteiger partial charge in [0.05, 0.1) is 23.9 Å². The minimum Gasteiger partial charge on any atom is -0.493 e. The summed E-state index contributed by atoms with van der Waals surface area (Å²) in [6, 6.07) is 29.2. The van der Waals surface area contributed by atoms with Gasteiger partial charge in [-0.15, -0.1) is 5.10 Å². The number of rotatable bonds is 12. The van der Waals surface area contributed by atoms with E-state index in [4.69, 9.17) is 19.3 Å². The van der Waals surface area contributed by atoms with E-state index in [9.17, 15) is 9.18 Å². The van der Waals surface area contributed by atoms with Crippen molar-refractivity contribution in [1.82, 2.24) is 24.4 Å². The number of halogens is 1.